The second-order valence-electron chi connectivity index (χ2n) is 5.26. The van der Waals surface area contributed by atoms with Crippen LogP contribution in [0.4, 0.5) is 0 Å². The summed E-state index contributed by atoms with van der Waals surface area (Å²) in [5.74, 6) is -0.704. The van der Waals surface area contributed by atoms with E-state index in [9.17, 15) is 14.7 Å². The first kappa shape index (κ1) is 17.3. The third-order valence-electron chi connectivity index (χ3n) is 3.69. The number of hydrogen-bond acceptors (Lipinski definition) is 4. The number of ketones is 1. The predicted molar refractivity (Wildman–Crippen MR) is 100 cm³/mol. The number of nitrogens with zero attached hydrogens (tertiary/aromatic N) is 1. The maximum absolute atomic E-state index is 12.9. The number of thioether (sulfide) groups is 1. The maximum Gasteiger partial charge on any atom is 0.259 e. The van der Waals surface area contributed by atoms with E-state index < -0.39 is 5.56 Å². The molecule has 0 amide bonds. The minimum Gasteiger partial charge on any atom is -0.507 e. The van der Waals surface area contributed by atoms with Crippen LogP contribution in [0.1, 0.15) is 15.9 Å². The molecule has 0 aliphatic heterocycles. The molecule has 3 aromatic rings. The number of benzene rings is 2. The summed E-state index contributed by atoms with van der Waals surface area (Å²) < 4.78 is 1.42. The van der Waals surface area contributed by atoms with Gasteiger partial charge < -0.3 is 5.11 Å². The van der Waals surface area contributed by atoms with E-state index in [1.54, 1.807) is 54.8 Å². The standard InChI is InChI=1S/C19H14ClNO3S/c1-25-19-17(18(24)12-7-9-13(20)10-8-12)15(22)11-16(23)21(19)14-5-3-2-4-6-14/h2-11,22H,1H3. The zero-order valence-corrected chi connectivity index (χ0v) is 14.8. The van der Waals surface area contributed by atoms with Crippen molar-refractivity contribution in [3.8, 4) is 11.4 Å². The quantitative estimate of drug-likeness (QED) is 0.553. The number of rotatable bonds is 4. The Kier molecular flexibility index (Phi) is 4.97. The number of carbonyl (C=O) groups excluding carboxylic acids is 1. The molecule has 126 valence electrons. The van der Waals surface area contributed by atoms with Gasteiger partial charge in [-0.15, -0.1) is 11.8 Å². The Balaban J connectivity index is 2.25. The molecule has 1 heterocycles. The van der Waals surface area contributed by atoms with Gasteiger partial charge in [0.2, 0.25) is 0 Å². The fourth-order valence-electron chi connectivity index (χ4n) is 2.55. The van der Waals surface area contributed by atoms with Crippen LogP contribution < -0.4 is 5.56 Å². The van der Waals surface area contributed by atoms with Crippen molar-refractivity contribution in [1.29, 1.82) is 0 Å². The summed E-state index contributed by atoms with van der Waals surface area (Å²) in [7, 11) is 0. The van der Waals surface area contributed by atoms with Crippen molar-refractivity contribution in [2.45, 2.75) is 5.03 Å². The lowest BCUT2D eigenvalue weighted by Crippen LogP contribution is -2.22. The first-order valence-corrected chi connectivity index (χ1v) is 9.02. The highest BCUT2D eigenvalue weighted by Gasteiger charge is 2.23. The zero-order valence-electron chi connectivity index (χ0n) is 13.3. The van der Waals surface area contributed by atoms with Gasteiger partial charge in [-0.3, -0.25) is 14.2 Å². The average molecular weight is 372 g/mol. The molecule has 0 fully saturated rings. The number of carbonyl (C=O) groups is 1. The number of halogens is 1. The molecule has 0 saturated carbocycles. The fraction of sp³-hybridized carbons (Fsp3) is 0.0526. The van der Waals surface area contributed by atoms with E-state index in [1.165, 1.54) is 16.3 Å². The summed E-state index contributed by atoms with van der Waals surface area (Å²) in [5, 5.41) is 11.2. The molecule has 6 heteroatoms. The summed E-state index contributed by atoms with van der Waals surface area (Å²) in [6.45, 7) is 0. The van der Waals surface area contributed by atoms with Crippen LogP contribution in [-0.4, -0.2) is 21.7 Å². The van der Waals surface area contributed by atoms with Gasteiger partial charge in [-0.25, -0.2) is 0 Å². The minimum absolute atomic E-state index is 0.0956. The van der Waals surface area contributed by atoms with Gasteiger partial charge in [-0.05, 0) is 42.7 Å². The third kappa shape index (κ3) is 3.34. The van der Waals surface area contributed by atoms with Crippen molar-refractivity contribution in [1.82, 2.24) is 4.57 Å². The van der Waals surface area contributed by atoms with Crippen LogP contribution in [0.25, 0.3) is 5.69 Å². The van der Waals surface area contributed by atoms with Crippen molar-refractivity contribution in [2.75, 3.05) is 6.26 Å². The lowest BCUT2D eigenvalue weighted by Gasteiger charge is -2.16. The van der Waals surface area contributed by atoms with E-state index >= 15 is 0 Å². The Bertz CT molecular complexity index is 982. The second kappa shape index (κ2) is 7.17. The lowest BCUT2D eigenvalue weighted by atomic mass is 10.0. The molecule has 0 atom stereocenters. The van der Waals surface area contributed by atoms with Gasteiger partial charge in [0.15, 0.2) is 5.78 Å². The molecule has 3 rings (SSSR count). The molecule has 0 aliphatic rings. The number of para-hydroxylation sites is 1. The molecule has 1 N–H and O–H groups in total. The highest BCUT2D eigenvalue weighted by molar-refractivity contribution is 7.98. The Labute approximate surface area is 153 Å². The van der Waals surface area contributed by atoms with Gasteiger partial charge in [0.1, 0.15) is 5.75 Å². The fourth-order valence-corrected chi connectivity index (χ4v) is 3.45. The van der Waals surface area contributed by atoms with E-state index in [-0.39, 0.29) is 17.1 Å². The number of hydrogen-bond donors (Lipinski definition) is 1. The smallest absolute Gasteiger partial charge is 0.259 e. The molecule has 0 spiro atoms. The van der Waals surface area contributed by atoms with E-state index in [2.05, 4.69) is 0 Å². The molecule has 0 radical (unpaired) electrons. The normalized spacial score (nSPS) is 10.6. The molecule has 0 bridgehead atoms. The van der Waals surface area contributed by atoms with Crippen LogP contribution >= 0.6 is 23.4 Å². The Morgan fingerprint density at radius 3 is 2.32 bits per heavy atom. The van der Waals surface area contributed by atoms with Crippen molar-refractivity contribution in [2.24, 2.45) is 0 Å². The SMILES string of the molecule is CSc1c(C(=O)c2ccc(Cl)cc2)c(O)cc(=O)n1-c1ccccc1. The lowest BCUT2D eigenvalue weighted by molar-refractivity contribution is 0.103. The molecule has 0 aliphatic carbocycles. The van der Waals surface area contributed by atoms with Crippen LogP contribution in [0.3, 0.4) is 0 Å². The Morgan fingerprint density at radius 2 is 1.72 bits per heavy atom. The molecular weight excluding hydrogens is 358 g/mol. The molecule has 0 unspecified atom stereocenters. The minimum atomic E-state index is -0.402. The van der Waals surface area contributed by atoms with E-state index in [0.717, 1.165) is 6.07 Å². The number of aromatic nitrogens is 1. The van der Waals surface area contributed by atoms with Crippen molar-refractivity contribution in [3.63, 3.8) is 0 Å². The summed E-state index contributed by atoms with van der Waals surface area (Å²) >= 11 is 7.10. The summed E-state index contributed by atoms with van der Waals surface area (Å²) in [6, 6.07) is 16.5. The van der Waals surface area contributed by atoms with Gasteiger partial charge in [0.05, 0.1) is 10.6 Å². The molecule has 4 nitrogen and oxygen atoms in total. The largest absolute Gasteiger partial charge is 0.507 e. The van der Waals surface area contributed by atoms with Crippen molar-refractivity contribution >= 4 is 29.1 Å². The maximum atomic E-state index is 12.9. The van der Waals surface area contributed by atoms with E-state index in [0.29, 0.717) is 21.3 Å². The first-order chi connectivity index (χ1) is 12.0. The Morgan fingerprint density at radius 1 is 1.08 bits per heavy atom. The van der Waals surface area contributed by atoms with Crippen LogP contribution in [0, 0.1) is 0 Å². The molecule has 2 aromatic carbocycles. The van der Waals surface area contributed by atoms with E-state index in [4.69, 9.17) is 11.6 Å². The van der Waals surface area contributed by atoms with Crippen LogP contribution in [0.15, 0.2) is 70.5 Å². The number of aromatic hydroxyl groups is 1. The monoisotopic (exact) mass is 371 g/mol. The predicted octanol–water partition coefficient (Wildman–Crippen LogP) is 4.15. The topological polar surface area (TPSA) is 59.3 Å². The molecule has 25 heavy (non-hydrogen) atoms. The second-order valence-corrected chi connectivity index (χ2v) is 6.49. The van der Waals surface area contributed by atoms with Gasteiger partial charge >= 0.3 is 0 Å². The van der Waals surface area contributed by atoms with Gasteiger partial charge in [-0.1, -0.05) is 29.8 Å². The van der Waals surface area contributed by atoms with Gasteiger partial charge in [0.25, 0.3) is 5.56 Å². The van der Waals surface area contributed by atoms with Gasteiger partial charge in [0, 0.05) is 22.3 Å². The molecule has 0 saturated heterocycles. The van der Waals surface area contributed by atoms with E-state index in [1.807, 2.05) is 6.07 Å². The average Bonchev–Trinajstić information content (AvgIpc) is 2.62. The highest BCUT2D eigenvalue weighted by Crippen LogP contribution is 2.30. The van der Waals surface area contributed by atoms with Crippen molar-refractivity contribution in [3.05, 3.63) is 87.2 Å². The Hall–Kier alpha value is -2.50. The number of pyridine rings is 1. The summed E-state index contributed by atoms with van der Waals surface area (Å²) in [4.78, 5) is 25.4. The summed E-state index contributed by atoms with van der Waals surface area (Å²) in [5.41, 5.74) is 0.703. The first-order valence-electron chi connectivity index (χ1n) is 7.41. The molecule has 1 aromatic heterocycles. The van der Waals surface area contributed by atoms with Crippen LogP contribution in [0.2, 0.25) is 5.02 Å². The molecular formula is C19H14ClNO3S. The zero-order chi connectivity index (χ0) is 18.0. The summed E-state index contributed by atoms with van der Waals surface area (Å²) in [6.07, 6.45) is 1.76. The van der Waals surface area contributed by atoms with Crippen LogP contribution in [-0.2, 0) is 0 Å². The van der Waals surface area contributed by atoms with Crippen LogP contribution in [0.5, 0.6) is 5.75 Å². The highest BCUT2D eigenvalue weighted by atomic mass is 35.5. The third-order valence-corrected chi connectivity index (χ3v) is 4.72. The van der Waals surface area contributed by atoms with Gasteiger partial charge in [-0.2, -0.15) is 0 Å². The van der Waals surface area contributed by atoms with Crippen molar-refractivity contribution < 1.29 is 9.90 Å².